The van der Waals surface area contributed by atoms with E-state index in [9.17, 15) is 13.2 Å². The number of aryl methyl sites for hydroxylation is 1. The van der Waals surface area contributed by atoms with Crippen LogP contribution in [0.15, 0.2) is 78.9 Å². The summed E-state index contributed by atoms with van der Waals surface area (Å²) < 4.78 is 31.8. The lowest BCUT2D eigenvalue weighted by Crippen LogP contribution is -2.15. The standard InChI is InChI=1S/C25H26N2O4S/c1-3-32(29,30)27-24-14-13-22(16-19(24)2)26-25(28)15-12-20-10-7-11-23(17-20)31-18-21-8-5-4-6-9-21/h4-17,27H,3,18H2,1-2H3,(H,26,28)/b15-12+. The van der Waals surface area contributed by atoms with Crippen LogP contribution < -0.4 is 14.8 Å². The van der Waals surface area contributed by atoms with Crippen molar-refractivity contribution in [3.8, 4) is 5.75 Å². The first kappa shape index (κ1) is 23.1. The minimum Gasteiger partial charge on any atom is -0.489 e. The molecule has 0 saturated heterocycles. The fraction of sp³-hybridized carbons (Fsp3) is 0.160. The summed E-state index contributed by atoms with van der Waals surface area (Å²) >= 11 is 0. The Morgan fingerprint density at radius 3 is 2.50 bits per heavy atom. The zero-order chi connectivity index (χ0) is 23.0. The molecule has 6 nitrogen and oxygen atoms in total. The molecule has 0 aliphatic rings. The first-order valence-electron chi connectivity index (χ1n) is 10.2. The number of hydrogen-bond acceptors (Lipinski definition) is 4. The number of carbonyl (C=O) groups excluding carboxylic acids is 1. The summed E-state index contributed by atoms with van der Waals surface area (Å²) in [6.07, 6.45) is 3.15. The topological polar surface area (TPSA) is 84.5 Å². The molecule has 0 aliphatic heterocycles. The summed E-state index contributed by atoms with van der Waals surface area (Å²) in [6.45, 7) is 3.82. The molecule has 3 aromatic rings. The lowest BCUT2D eigenvalue weighted by Gasteiger charge is -2.11. The number of rotatable bonds is 9. The Bertz CT molecular complexity index is 1210. The van der Waals surface area contributed by atoms with Crippen molar-refractivity contribution < 1.29 is 17.9 Å². The maximum Gasteiger partial charge on any atom is 0.248 e. The van der Waals surface area contributed by atoms with Crippen LogP contribution in [-0.2, 0) is 21.4 Å². The van der Waals surface area contributed by atoms with E-state index < -0.39 is 10.0 Å². The fourth-order valence-electron chi connectivity index (χ4n) is 2.90. The average Bonchev–Trinajstić information content (AvgIpc) is 2.79. The molecule has 0 aliphatic carbocycles. The Balaban J connectivity index is 1.59. The third kappa shape index (κ3) is 6.99. The monoisotopic (exact) mass is 450 g/mol. The molecule has 3 aromatic carbocycles. The highest BCUT2D eigenvalue weighted by Gasteiger charge is 2.09. The summed E-state index contributed by atoms with van der Waals surface area (Å²) in [5.41, 5.74) is 3.71. The van der Waals surface area contributed by atoms with Gasteiger partial charge in [0, 0.05) is 11.8 Å². The molecule has 32 heavy (non-hydrogen) atoms. The first-order valence-corrected chi connectivity index (χ1v) is 11.9. The van der Waals surface area contributed by atoms with E-state index in [0.717, 1.165) is 16.9 Å². The number of amides is 1. The molecular formula is C25H26N2O4S. The van der Waals surface area contributed by atoms with Gasteiger partial charge in [-0.25, -0.2) is 8.42 Å². The van der Waals surface area contributed by atoms with Gasteiger partial charge in [0.25, 0.3) is 0 Å². The van der Waals surface area contributed by atoms with Crippen LogP contribution in [0.3, 0.4) is 0 Å². The van der Waals surface area contributed by atoms with Gasteiger partial charge in [0.1, 0.15) is 12.4 Å². The van der Waals surface area contributed by atoms with Crippen molar-refractivity contribution in [1.29, 1.82) is 0 Å². The van der Waals surface area contributed by atoms with Crippen molar-refractivity contribution in [3.63, 3.8) is 0 Å². The number of carbonyl (C=O) groups is 1. The van der Waals surface area contributed by atoms with Crippen LogP contribution in [0.1, 0.15) is 23.6 Å². The van der Waals surface area contributed by atoms with Crippen LogP contribution in [0.5, 0.6) is 5.75 Å². The third-order valence-corrected chi connectivity index (χ3v) is 5.96. The molecule has 0 bridgehead atoms. The predicted molar refractivity (Wildman–Crippen MR) is 129 cm³/mol. The Morgan fingerprint density at radius 1 is 1.00 bits per heavy atom. The molecule has 0 heterocycles. The largest absolute Gasteiger partial charge is 0.489 e. The molecule has 0 spiro atoms. The van der Waals surface area contributed by atoms with E-state index in [0.29, 0.717) is 23.5 Å². The summed E-state index contributed by atoms with van der Waals surface area (Å²) in [4.78, 5) is 12.3. The van der Waals surface area contributed by atoms with Crippen LogP contribution in [-0.4, -0.2) is 20.1 Å². The van der Waals surface area contributed by atoms with Gasteiger partial charge in [0.15, 0.2) is 0 Å². The lowest BCUT2D eigenvalue weighted by molar-refractivity contribution is -0.111. The minimum atomic E-state index is -3.35. The van der Waals surface area contributed by atoms with E-state index in [2.05, 4.69) is 10.0 Å². The Morgan fingerprint density at radius 2 is 1.78 bits per heavy atom. The maximum atomic E-state index is 12.3. The van der Waals surface area contributed by atoms with Gasteiger partial charge in [-0.3, -0.25) is 9.52 Å². The van der Waals surface area contributed by atoms with Gasteiger partial charge in [-0.05, 0) is 66.9 Å². The smallest absolute Gasteiger partial charge is 0.248 e. The molecule has 0 atom stereocenters. The molecule has 2 N–H and O–H groups in total. The highest BCUT2D eigenvalue weighted by atomic mass is 32.2. The maximum absolute atomic E-state index is 12.3. The van der Waals surface area contributed by atoms with Gasteiger partial charge in [-0.15, -0.1) is 0 Å². The molecule has 0 fully saturated rings. The number of ether oxygens (including phenoxy) is 1. The van der Waals surface area contributed by atoms with E-state index in [4.69, 9.17) is 4.74 Å². The minimum absolute atomic E-state index is 0.00574. The molecule has 7 heteroatoms. The molecule has 0 aromatic heterocycles. The van der Waals surface area contributed by atoms with E-state index in [1.54, 1.807) is 38.1 Å². The van der Waals surface area contributed by atoms with Gasteiger partial charge in [0.2, 0.25) is 15.9 Å². The number of benzene rings is 3. The van der Waals surface area contributed by atoms with Gasteiger partial charge in [-0.1, -0.05) is 42.5 Å². The second-order valence-corrected chi connectivity index (χ2v) is 9.22. The van der Waals surface area contributed by atoms with Crippen LogP contribution >= 0.6 is 0 Å². The summed E-state index contributed by atoms with van der Waals surface area (Å²) in [6, 6.07) is 22.4. The lowest BCUT2D eigenvalue weighted by atomic mass is 10.1. The third-order valence-electron chi connectivity index (χ3n) is 4.67. The van der Waals surface area contributed by atoms with E-state index in [-0.39, 0.29) is 11.7 Å². The van der Waals surface area contributed by atoms with Crippen LogP contribution in [0.25, 0.3) is 6.08 Å². The van der Waals surface area contributed by atoms with E-state index in [1.807, 2.05) is 54.6 Å². The van der Waals surface area contributed by atoms with E-state index >= 15 is 0 Å². The molecule has 166 valence electrons. The summed E-state index contributed by atoms with van der Waals surface area (Å²) in [7, 11) is -3.35. The SMILES string of the molecule is CCS(=O)(=O)Nc1ccc(NC(=O)/C=C/c2cccc(OCc3ccccc3)c2)cc1C. The van der Waals surface area contributed by atoms with Gasteiger partial charge >= 0.3 is 0 Å². The Kier molecular flexibility index (Phi) is 7.68. The van der Waals surface area contributed by atoms with Crippen molar-refractivity contribution in [3.05, 3.63) is 95.6 Å². The zero-order valence-electron chi connectivity index (χ0n) is 18.0. The van der Waals surface area contributed by atoms with Gasteiger partial charge < -0.3 is 10.1 Å². The normalized spacial score (nSPS) is 11.3. The first-order chi connectivity index (χ1) is 15.3. The fourth-order valence-corrected chi connectivity index (χ4v) is 3.61. The highest BCUT2D eigenvalue weighted by molar-refractivity contribution is 7.92. The molecule has 0 saturated carbocycles. The quantitative estimate of drug-likeness (QED) is 0.450. The second kappa shape index (κ2) is 10.6. The summed E-state index contributed by atoms with van der Waals surface area (Å²) in [5, 5.41) is 2.78. The summed E-state index contributed by atoms with van der Waals surface area (Å²) in [5.74, 6) is 0.424. The molecule has 0 radical (unpaired) electrons. The van der Waals surface area contributed by atoms with Crippen LogP contribution in [0, 0.1) is 6.92 Å². The average molecular weight is 451 g/mol. The van der Waals surface area contributed by atoms with Gasteiger partial charge in [-0.2, -0.15) is 0 Å². The highest BCUT2D eigenvalue weighted by Crippen LogP contribution is 2.21. The van der Waals surface area contributed by atoms with Crippen molar-refractivity contribution >= 4 is 33.4 Å². The molecular weight excluding hydrogens is 424 g/mol. The van der Waals surface area contributed by atoms with Crippen molar-refractivity contribution in [2.24, 2.45) is 0 Å². The van der Waals surface area contributed by atoms with Crippen LogP contribution in [0.2, 0.25) is 0 Å². The van der Waals surface area contributed by atoms with Gasteiger partial charge in [0.05, 0.1) is 11.4 Å². The Hall–Kier alpha value is -3.58. The van der Waals surface area contributed by atoms with Crippen molar-refractivity contribution in [1.82, 2.24) is 0 Å². The predicted octanol–water partition coefficient (Wildman–Crippen LogP) is 4.99. The van der Waals surface area contributed by atoms with E-state index in [1.165, 1.54) is 6.08 Å². The number of nitrogens with one attached hydrogen (secondary N) is 2. The molecule has 3 rings (SSSR count). The molecule has 1 amide bonds. The van der Waals surface area contributed by atoms with Crippen LogP contribution in [0.4, 0.5) is 11.4 Å². The van der Waals surface area contributed by atoms with Crippen molar-refractivity contribution in [2.75, 3.05) is 15.8 Å². The zero-order valence-corrected chi connectivity index (χ0v) is 18.9. The number of sulfonamides is 1. The Labute approximate surface area is 189 Å². The number of hydrogen-bond donors (Lipinski definition) is 2. The second-order valence-electron chi connectivity index (χ2n) is 7.20. The molecule has 0 unspecified atom stereocenters. The van der Waals surface area contributed by atoms with Crippen molar-refractivity contribution in [2.45, 2.75) is 20.5 Å². The number of anilines is 2.